The molecular formula is C18H30FN. The minimum absolute atomic E-state index is 0.0470. The molecular weight excluding hydrogens is 249 g/mol. The van der Waals surface area contributed by atoms with E-state index in [1.165, 1.54) is 25.7 Å². The predicted molar refractivity (Wildman–Crippen MR) is 85.6 cm³/mol. The second kappa shape index (κ2) is 9.12. The van der Waals surface area contributed by atoms with Crippen molar-refractivity contribution >= 4 is 0 Å². The Bertz CT molecular complexity index is 379. The summed E-state index contributed by atoms with van der Waals surface area (Å²) >= 11 is 0. The first-order valence-corrected chi connectivity index (χ1v) is 8.09. The summed E-state index contributed by atoms with van der Waals surface area (Å²) in [5.41, 5.74) is 1.92. The molecule has 0 bridgehead atoms. The summed E-state index contributed by atoms with van der Waals surface area (Å²) in [6.07, 6.45) is 4.76. The summed E-state index contributed by atoms with van der Waals surface area (Å²) < 4.78 is 14.2. The molecule has 0 saturated heterocycles. The molecule has 0 aliphatic rings. The zero-order valence-corrected chi connectivity index (χ0v) is 13.6. The minimum Gasteiger partial charge on any atom is -0.299 e. The Kier molecular flexibility index (Phi) is 7.83. The summed E-state index contributed by atoms with van der Waals surface area (Å²) in [4.78, 5) is 2.39. The standard InChI is InChI=1S/C18H30FN/c1-5-7-11-20(12-8-6-2)14-17-10-9-16(15(3)4)13-18(17)19/h9-10,13,15H,5-8,11-12,14H2,1-4H3. The van der Waals surface area contributed by atoms with Gasteiger partial charge in [-0.3, -0.25) is 4.90 Å². The highest BCUT2D eigenvalue weighted by Gasteiger charge is 2.10. The third-order valence-electron chi connectivity index (χ3n) is 3.79. The SMILES string of the molecule is CCCCN(CCCC)Cc1ccc(C(C)C)cc1F. The zero-order chi connectivity index (χ0) is 15.0. The second-order valence-electron chi connectivity index (χ2n) is 5.99. The van der Waals surface area contributed by atoms with Gasteiger partial charge < -0.3 is 0 Å². The van der Waals surface area contributed by atoms with E-state index in [1.807, 2.05) is 6.07 Å². The van der Waals surface area contributed by atoms with Crippen LogP contribution in [0.15, 0.2) is 18.2 Å². The van der Waals surface area contributed by atoms with Gasteiger partial charge in [-0.2, -0.15) is 0 Å². The molecule has 2 heteroatoms. The van der Waals surface area contributed by atoms with Crippen molar-refractivity contribution in [3.8, 4) is 0 Å². The van der Waals surface area contributed by atoms with Crippen LogP contribution < -0.4 is 0 Å². The molecule has 1 nitrogen and oxygen atoms in total. The van der Waals surface area contributed by atoms with Crippen molar-refractivity contribution in [2.45, 2.75) is 65.8 Å². The molecule has 0 fully saturated rings. The largest absolute Gasteiger partial charge is 0.299 e. The maximum atomic E-state index is 14.2. The van der Waals surface area contributed by atoms with Gasteiger partial charge in [0.05, 0.1) is 0 Å². The summed E-state index contributed by atoms with van der Waals surface area (Å²) in [5, 5.41) is 0. The van der Waals surface area contributed by atoms with Crippen molar-refractivity contribution < 1.29 is 4.39 Å². The van der Waals surface area contributed by atoms with Crippen LogP contribution in [-0.2, 0) is 6.54 Å². The molecule has 0 amide bonds. The van der Waals surface area contributed by atoms with Gasteiger partial charge in [0.2, 0.25) is 0 Å². The highest BCUT2D eigenvalue weighted by atomic mass is 19.1. The van der Waals surface area contributed by atoms with Gasteiger partial charge in [-0.1, -0.05) is 52.7 Å². The fraction of sp³-hybridized carbons (Fsp3) is 0.667. The normalized spacial score (nSPS) is 11.6. The van der Waals surface area contributed by atoms with E-state index >= 15 is 0 Å². The summed E-state index contributed by atoms with van der Waals surface area (Å²) in [7, 11) is 0. The van der Waals surface area contributed by atoms with Crippen LogP contribution in [0.5, 0.6) is 0 Å². The van der Waals surface area contributed by atoms with Crippen molar-refractivity contribution in [1.82, 2.24) is 4.90 Å². The lowest BCUT2D eigenvalue weighted by Crippen LogP contribution is -2.26. The van der Waals surface area contributed by atoms with Gasteiger partial charge in [0, 0.05) is 12.1 Å². The Balaban J connectivity index is 2.71. The first kappa shape index (κ1) is 17.2. The molecule has 0 aliphatic carbocycles. The Hall–Kier alpha value is -0.890. The van der Waals surface area contributed by atoms with E-state index in [2.05, 4.69) is 38.7 Å². The maximum absolute atomic E-state index is 14.2. The third kappa shape index (κ3) is 5.62. The van der Waals surface area contributed by atoms with Gasteiger partial charge in [-0.25, -0.2) is 4.39 Å². The van der Waals surface area contributed by atoms with Crippen LogP contribution in [0.4, 0.5) is 4.39 Å². The van der Waals surface area contributed by atoms with Crippen molar-refractivity contribution in [2.75, 3.05) is 13.1 Å². The quantitative estimate of drug-likeness (QED) is 0.589. The van der Waals surface area contributed by atoms with Crippen molar-refractivity contribution in [3.63, 3.8) is 0 Å². The molecule has 0 unspecified atom stereocenters. The lowest BCUT2D eigenvalue weighted by molar-refractivity contribution is 0.253. The highest BCUT2D eigenvalue weighted by molar-refractivity contribution is 5.26. The maximum Gasteiger partial charge on any atom is 0.127 e. The molecule has 0 atom stereocenters. The molecule has 114 valence electrons. The zero-order valence-electron chi connectivity index (χ0n) is 13.6. The second-order valence-corrected chi connectivity index (χ2v) is 5.99. The van der Waals surface area contributed by atoms with Gasteiger partial charge in [0.15, 0.2) is 0 Å². The molecule has 0 N–H and O–H groups in total. The summed E-state index contributed by atoms with van der Waals surface area (Å²) in [6.45, 7) is 11.5. The average Bonchev–Trinajstić information content (AvgIpc) is 2.43. The van der Waals surface area contributed by atoms with Crippen LogP contribution in [0.1, 0.15) is 70.4 Å². The number of benzene rings is 1. The summed E-state index contributed by atoms with van der Waals surface area (Å²) in [5.74, 6) is 0.337. The Morgan fingerprint density at radius 2 is 1.65 bits per heavy atom. The Labute approximate surface area is 124 Å². The number of hydrogen-bond acceptors (Lipinski definition) is 1. The molecule has 0 radical (unpaired) electrons. The lowest BCUT2D eigenvalue weighted by atomic mass is 10.0. The van der Waals surface area contributed by atoms with Crippen LogP contribution in [0.3, 0.4) is 0 Å². The van der Waals surface area contributed by atoms with Crippen LogP contribution in [0.2, 0.25) is 0 Å². The van der Waals surface area contributed by atoms with E-state index in [0.717, 1.165) is 30.8 Å². The molecule has 1 aromatic rings. The molecule has 1 rings (SSSR count). The fourth-order valence-corrected chi connectivity index (χ4v) is 2.33. The highest BCUT2D eigenvalue weighted by Crippen LogP contribution is 2.19. The number of nitrogens with zero attached hydrogens (tertiary/aromatic N) is 1. The molecule has 0 spiro atoms. The third-order valence-corrected chi connectivity index (χ3v) is 3.79. The topological polar surface area (TPSA) is 3.24 Å². The van der Waals surface area contributed by atoms with E-state index < -0.39 is 0 Å². The Morgan fingerprint density at radius 1 is 1.05 bits per heavy atom. The smallest absolute Gasteiger partial charge is 0.127 e. The number of halogens is 1. The minimum atomic E-state index is -0.0470. The monoisotopic (exact) mass is 279 g/mol. The van der Waals surface area contributed by atoms with Crippen molar-refractivity contribution in [1.29, 1.82) is 0 Å². The van der Waals surface area contributed by atoms with Crippen LogP contribution in [0.25, 0.3) is 0 Å². The molecule has 0 aliphatic heterocycles. The van der Waals surface area contributed by atoms with Crippen LogP contribution in [0, 0.1) is 5.82 Å². The number of rotatable bonds is 9. The molecule has 1 aromatic carbocycles. The van der Waals surface area contributed by atoms with E-state index in [0.29, 0.717) is 5.92 Å². The predicted octanol–water partition coefficient (Wildman–Crippen LogP) is 5.35. The molecule has 20 heavy (non-hydrogen) atoms. The van der Waals surface area contributed by atoms with Gasteiger partial charge in [-0.15, -0.1) is 0 Å². The lowest BCUT2D eigenvalue weighted by Gasteiger charge is -2.22. The van der Waals surface area contributed by atoms with Crippen molar-refractivity contribution in [3.05, 3.63) is 35.1 Å². The van der Waals surface area contributed by atoms with Crippen molar-refractivity contribution in [2.24, 2.45) is 0 Å². The molecule has 0 aromatic heterocycles. The first-order chi connectivity index (χ1) is 9.58. The molecule has 0 heterocycles. The Morgan fingerprint density at radius 3 is 2.10 bits per heavy atom. The first-order valence-electron chi connectivity index (χ1n) is 8.09. The molecule has 0 saturated carbocycles. The van der Waals surface area contributed by atoms with Gasteiger partial charge in [0.25, 0.3) is 0 Å². The van der Waals surface area contributed by atoms with Crippen LogP contribution in [-0.4, -0.2) is 18.0 Å². The van der Waals surface area contributed by atoms with E-state index in [4.69, 9.17) is 0 Å². The van der Waals surface area contributed by atoms with E-state index in [9.17, 15) is 4.39 Å². The average molecular weight is 279 g/mol. The van der Waals surface area contributed by atoms with E-state index in [1.54, 1.807) is 6.07 Å². The number of unbranched alkanes of at least 4 members (excludes halogenated alkanes) is 2. The van der Waals surface area contributed by atoms with Gasteiger partial charge >= 0.3 is 0 Å². The van der Waals surface area contributed by atoms with Gasteiger partial charge in [-0.05, 0) is 43.5 Å². The fourth-order valence-electron chi connectivity index (χ4n) is 2.33. The van der Waals surface area contributed by atoms with Crippen LogP contribution >= 0.6 is 0 Å². The number of hydrogen-bond donors (Lipinski definition) is 0. The summed E-state index contributed by atoms with van der Waals surface area (Å²) in [6, 6.07) is 5.74. The van der Waals surface area contributed by atoms with E-state index in [-0.39, 0.29) is 5.82 Å². The van der Waals surface area contributed by atoms with Gasteiger partial charge in [0.1, 0.15) is 5.82 Å².